The van der Waals surface area contributed by atoms with E-state index in [1.54, 1.807) is 13.0 Å². The van der Waals surface area contributed by atoms with Gasteiger partial charge in [-0.15, -0.1) is 0 Å². The van der Waals surface area contributed by atoms with E-state index in [1.807, 2.05) is 13.0 Å². The van der Waals surface area contributed by atoms with Crippen molar-refractivity contribution in [3.05, 3.63) is 44.5 Å². The fraction of sp³-hybridized carbons (Fsp3) is 0.333. The second-order valence-corrected chi connectivity index (χ2v) is 5.27. The van der Waals surface area contributed by atoms with Gasteiger partial charge in [0.25, 0.3) is 0 Å². The minimum atomic E-state index is -0.0190. The maximum Gasteiger partial charge on any atom is 0.240 e. The maximum absolute atomic E-state index is 6.17. The number of rotatable bonds is 4. The summed E-state index contributed by atoms with van der Waals surface area (Å²) in [7, 11) is 0. The first-order chi connectivity index (χ1) is 8.99. The lowest BCUT2D eigenvalue weighted by Gasteiger charge is -2.15. The Morgan fingerprint density at radius 3 is 2.63 bits per heavy atom. The van der Waals surface area contributed by atoms with Gasteiger partial charge in [0.05, 0.1) is 21.6 Å². The third kappa shape index (κ3) is 3.39. The van der Waals surface area contributed by atoms with Crippen LogP contribution in [0.4, 0.5) is 0 Å². The molecule has 1 aromatic carbocycles. The van der Waals surface area contributed by atoms with Crippen molar-refractivity contribution in [2.24, 2.45) is 0 Å². The van der Waals surface area contributed by atoms with E-state index in [9.17, 15) is 0 Å². The summed E-state index contributed by atoms with van der Waals surface area (Å²) < 4.78 is 5.02. The molecule has 0 radical (unpaired) electrons. The van der Waals surface area contributed by atoms with Gasteiger partial charge in [-0.3, -0.25) is 0 Å². The Morgan fingerprint density at radius 2 is 2.00 bits per heavy atom. The van der Waals surface area contributed by atoms with Gasteiger partial charge in [0.2, 0.25) is 5.89 Å². The zero-order valence-corrected chi connectivity index (χ0v) is 12.6. The number of benzene rings is 1. The zero-order valence-electron chi connectivity index (χ0n) is 10.4. The first kappa shape index (κ1) is 14.6. The molecule has 4 nitrogen and oxygen atoms in total. The van der Waals surface area contributed by atoms with Gasteiger partial charge in [0.1, 0.15) is 0 Å². The van der Waals surface area contributed by atoms with Crippen LogP contribution in [0.15, 0.2) is 16.7 Å². The number of hydrogen-bond acceptors (Lipinski definition) is 4. The standard InChI is InChI=1S/C12H12Cl3N3O/c1-6(16-5-10-17-7(2)18-19-10)8-3-4-9(13)12(15)11(8)14/h3-4,6,16H,5H2,1-2H3. The molecule has 0 fully saturated rings. The number of halogens is 3. The highest BCUT2D eigenvalue weighted by Crippen LogP contribution is 2.35. The molecule has 0 aliphatic heterocycles. The number of aromatic nitrogens is 2. The minimum absolute atomic E-state index is 0.0190. The first-order valence-electron chi connectivity index (χ1n) is 5.65. The van der Waals surface area contributed by atoms with Crippen LogP contribution in [-0.4, -0.2) is 10.1 Å². The molecule has 0 aliphatic carbocycles. The summed E-state index contributed by atoms with van der Waals surface area (Å²) in [6.45, 7) is 4.19. The van der Waals surface area contributed by atoms with Gasteiger partial charge in [-0.05, 0) is 25.5 Å². The van der Waals surface area contributed by atoms with Crippen molar-refractivity contribution in [2.75, 3.05) is 0 Å². The number of hydrogen-bond donors (Lipinski definition) is 1. The first-order valence-corrected chi connectivity index (χ1v) is 6.78. The molecule has 1 aromatic heterocycles. The maximum atomic E-state index is 6.17. The summed E-state index contributed by atoms with van der Waals surface area (Å²) in [6, 6.07) is 3.54. The van der Waals surface area contributed by atoms with Gasteiger partial charge < -0.3 is 9.84 Å². The molecule has 0 saturated heterocycles. The molecule has 1 atom stereocenters. The summed E-state index contributed by atoms with van der Waals surface area (Å²) >= 11 is 18.1. The molecule has 1 unspecified atom stereocenters. The predicted molar refractivity (Wildman–Crippen MR) is 75.8 cm³/mol. The molecule has 0 amide bonds. The van der Waals surface area contributed by atoms with Crippen molar-refractivity contribution in [3.63, 3.8) is 0 Å². The summed E-state index contributed by atoms with van der Waals surface area (Å²) in [5.74, 6) is 1.14. The van der Waals surface area contributed by atoms with Crippen LogP contribution in [-0.2, 0) is 6.54 Å². The lowest BCUT2D eigenvalue weighted by atomic mass is 10.1. The van der Waals surface area contributed by atoms with Crippen LogP contribution in [0.25, 0.3) is 0 Å². The molecule has 1 N–H and O–H groups in total. The number of aryl methyl sites for hydroxylation is 1. The minimum Gasteiger partial charge on any atom is -0.338 e. The average Bonchev–Trinajstić information content (AvgIpc) is 2.79. The molecule has 1 heterocycles. The monoisotopic (exact) mass is 319 g/mol. The van der Waals surface area contributed by atoms with Crippen LogP contribution in [0, 0.1) is 6.92 Å². The van der Waals surface area contributed by atoms with Crippen molar-refractivity contribution in [1.29, 1.82) is 0 Å². The van der Waals surface area contributed by atoms with Gasteiger partial charge in [-0.25, -0.2) is 0 Å². The smallest absolute Gasteiger partial charge is 0.240 e. The molecule has 2 aromatic rings. The second-order valence-electron chi connectivity index (χ2n) is 4.10. The molecular weight excluding hydrogens is 309 g/mol. The molecule has 0 bridgehead atoms. The van der Waals surface area contributed by atoms with E-state index < -0.39 is 0 Å². The molecule has 102 valence electrons. The summed E-state index contributed by atoms with van der Waals surface area (Å²) in [4.78, 5) is 4.11. The quantitative estimate of drug-likeness (QED) is 0.858. The van der Waals surface area contributed by atoms with Crippen molar-refractivity contribution in [3.8, 4) is 0 Å². The molecule has 2 rings (SSSR count). The van der Waals surface area contributed by atoms with Crippen LogP contribution in [0.1, 0.15) is 30.2 Å². The Hall–Kier alpha value is -0.810. The van der Waals surface area contributed by atoms with E-state index in [1.165, 1.54) is 0 Å². The Morgan fingerprint density at radius 1 is 1.26 bits per heavy atom. The average molecular weight is 321 g/mol. The Bertz CT molecular complexity index is 586. The van der Waals surface area contributed by atoms with Crippen molar-refractivity contribution in [2.45, 2.75) is 26.4 Å². The largest absolute Gasteiger partial charge is 0.338 e. The van der Waals surface area contributed by atoms with E-state index in [2.05, 4.69) is 15.5 Å². The van der Waals surface area contributed by atoms with Crippen molar-refractivity contribution in [1.82, 2.24) is 15.5 Å². The van der Waals surface area contributed by atoms with E-state index in [0.29, 0.717) is 33.3 Å². The third-order valence-corrected chi connectivity index (χ3v) is 3.97. The van der Waals surface area contributed by atoms with E-state index >= 15 is 0 Å². The van der Waals surface area contributed by atoms with Crippen LogP contribution in [0.5, 0.6) is 0 Å². The highest BCUT2D eigenvalue weighted by molar-refractivity contribution is 6.48. The van der Waals surface area contributed by atoms with Crippen LogP contribution in [0.2, 0.25) is 15.1 Å². The molecule has 7 heteroatoms. The summed E-state index contributed by atoms with van der Waals surface area (Å²) in [6.07, 6.45) is 0. The van der Waals surface area contributed by atoms with Crippen LogP contribution >= 0.6 is 34.8 Å². The highest BCUT2D eigenvalue weighted by Gasteiger charge is 2.15. The SMILES string of the molecule is Cc1noc(CNC(C)c2ccc(Cl)c(Cl)c2Cl)n1. The van der Waals surface area contributed by atoms with Gasteiger partial charge in [-0.2, -0.15) is 4.98 Å². The highest BCUT2D eigenvalue weighted by atomic mass is 35.5. The molecule has 0 spiro atoms. The second kappa shape index (κ2) is 6.09. The van der Waals surface area contributed by atoms with Crippen molar-refractivity contribution >= 4 is 34.8 Å². The molecule has 19 heavy (non-hydrogen) atoms. The normalized spacial score (nSPS) is 12.7. The van der Waals surface area contributed by atoms with E-state index in [-0.39, 0.29) is 6.04 Å². The van der Waals surface area contributed by atoms with E-state index in [0.717, 1.165) is 5.56 Å². The van der Waals surface area contributed by atoms with Crippen LogP contribution in [0.3, 0.4) is 0 Å². The Kier molecular flexibility index (Phi) is 4.68. The Labute approximate surface area is 126 Å². The number of nitrogens with zero attached hydrogens (tertiary/aromatic N) is 2. The van der Waals surface area contributed by atoms with Crippen LogP contribution < -0.4 is 5.32 Å². The Balaban J connectivity index is 2.08. The molecule has 0 saturated carbocycles. The molecular formula is C12H12Cl3N3O. The topological polar surface area (TPSA) is 51.0 Å². The summed E-state index contributed by atoms with van der Waals surface area (Å²) in [5.41, 5.74) is 0.868. The third-order valence-electron chi connectivity index (χ3n) is 2.66. The fourth-order valence-corrected chi connectivity index (χ4v) is 2.34. The zero-order chi connectivity index (χ0) is 14.0. The van der Waals surface area contributed by atoms with Gasteiger partial charge in [-0.1, -0.05) is 46.0 Å². The fourth-order valence-electron chi connectivity index (χ4n) is 1.64. The summed E-state index contributed by atoms with van der Waals surface area (Å²) in [5, 5.41) is 8.21. The van der Waals surface area contributed by atoms with Gasteiger partial charge >= 0.3 is 0 Å². The predicted octanol–water partition coefficient (Wildman–Crippen LogP) is 4.19. The molecule has 0 aliphatic rings. The number of nitrogens with one attached hydrogen (secondary N) is 1. The lowest BCUT2D eigenvalue weighted by molar-refractivity contribution is 0.357. The lowest BCUT2D eigenvalue weighted by Crippen LogP contribution is -2.18. The van der Waals surface area contributed by atoms with Gasteiger partial charge in [0, 0.05) is 6.04 Å². The van der Waals surface area contributed by atoms with Crippen molar-refractivity contribution < 1.29 is 4.52 Å². The van der Waals surface area contributed by atoms with Gasteiger partial charge in [0.15, 0.2) is 5.82 Å². The van der Waals surface area contributed by atoms with E-state index in [4.69, 9.17) is 39.3 Å².